The molecule has 1 unspecified atom stereocenters. The van der Waals surface area contributed by atoms with Crippen molar-refractivity contribution in [2.75, 3.05) is 18.6 Å². The molecule has 0 saturated carbocycles. The minimum absolute atomic E-state index is 0.105. The molecule has 0 spiro atoms. The molecule has 18 heavy (non-hydrogen) atoms. The fourth-order valence-electron chi connectivity index (χ4n) is 1.83. The molecule has 1 aromatic rings. The SMILES string of the molecule is CN(C1CCSC1)S(=O)(=O)c1cc(CN)sc1Br. The maximum Gasteiger partial charge on any atom is 0.245 e. The topological polar surface area (TPSA) is 63.4 Å². The second-order valence-corrected chi connectivity index (χ2v) is 9.66. The lowest BCUT2D eigenvalue weighted by Crippen LogP contribution is -2.36. The van der Waals surface area contributed by atoms with E-state index in [9.17, 15) is 8.42 Å². The number of nitrogens with zero attached hydrogens (tertiary/aromatic N) is 1. The summed E-state index contributed by atoms with van der Waals surface area (Å²) in [7, 11) is -1.75. The summed E-state index contributed by atoms with van der Waals surface area (Å²) < 4.78 is 27.2. The average Bonchev–Trinajstić information content (AvgIpc) is 2.96. The molecule has 2 rings (SSSR count). The van der Waals surface area contributed by atoms with Crippen molar-refractivity contribution >= 4 is 49.1 Å². The largest absolute Gasteiger partial charge is 0.326 e. The van der Waals surface area contributed by atoms with Gasteiger partial charge in [-0.25, -0.2) is 8.42 Å². The van der Waals surface area contributed by atoms with Gasteiger partial charge >= 0.3 is 0 Å². The number of thioether (sulfide) groups is 1. The van der Waals surface area contributed by atoms with E-state index in [-0.39, 0.29) is 6.04 Å². The molecule has 1 atom stereocenters. The summed E-state index contributed by atoms with van der Waals surface area (Å²) in [6, 6.07) is 1.77. The van der Waals surface area contributed by atoms with Gasteiger partial charge in [-0.2, -0.15) is 16.1 Å². The molecule has 0 radical (unpaired) electrons. The Balaban J connectivity index is 2.31. The number of hydrogen-bond acceptors (Lipinski definition) is 5. The fourth-order valence-corrected chi connectivity index (χ4v) is 7.09. The molecule has 1 aliphatic rings. The first-order chi connectivity index (χ1) is 8.46. The van der Waals surface area contributed by atoms with Crippen LogP contribution in [0.4, 0.5) is 0 Å². The third kappa shape index (κ3) is 2.78. The van der Waals surface area contributed by atoms with Gasteiger partial charge in [0, 0.05) is 30.3 Å². The molecule has 102 valence electrons. The highest BCUT2D eigenvalue weighted by atomic mass is 79.9. The van der Waals surface area contributed by atoms with Crippen molar-refractivity contribution < 1.29 is 8.42 Å². The van der Waals surface area contributed by atoms with Gasteiger partial charge in [0.25, 0.3) is 0 Å². The summed E-state index contributed by atoms with van der Waals surface area (Å²) in [5.74, 6) is 1.91. The molecule has 0 aliphatic carbocycles. The van der Waals surface area contributed by atoms with Gasteiger partial charge in [-0.3, -0.25) is 0 Å². The van der Waals surface area contributed by atoms with Gasteiger partial charge in [-0.15, -0.1) is 11.3 Å². The van der Waals surface area contributed by atoms with Crippen molar-refractivity contribution in [1.82, 2.24) is 4.31 Å². The Bertz CT molecular complexity index is 523. The smallest absolute Gasteiger partial charge is 0.245 e. The summed E-state index contributed by atoms with van der Waals surface area (Å²) in [6.07, 6.45) is 0.923. The Kier molecular flexibility index (Phi) is 4.77. The standard InChI is InChI=1S/C10H15BrN2O2S3/c1-13(7-2-3-16-6-7)18(14,15)9-4-8(5-12)17-10(9)11/h4,7H,2-3,5-6,12H2,1H3. The zero-order chi connectivity index (χ0) is 13.3. The molecule has 2 N–H and O–H groups in total. The minimum Gasteiger partial charge on any atom is -0.326 e. The zero-order valence-electron chi connectivity index (χ0n) is 9.93. The summed E-state index contributed by atoms with van der Waals surface area (Å²) >= 11 is 6.50. The molecule has 0 aromatic carbocycles. The third-order valence-corrected chi connectivity index (χ3v) is 8.31. The molecular weight excluding hydrogens is 356 g/mol. The summed E-state index contributed by atoms with van der Waals surface area (Å²) in [5.41, 5.74) is 5.55. The van der Waals surface area contributed by atoms with Crippen LogP contribution in [-0.2, 0) is 16.6 Å². The second kappa shape index (κ2) is 5.80. The van der Waals surface area contributed by atoms with E-state index in [1.54, 1.807) is 24.9 Å². The maximum absolute atomic E-state index is 12.5. The van der Waals surface area contributed by atoms with Gasteiger partial charge in [0.2, 0.25) is 10.0 Å². The monoisotopic (exact) mass is 370 g/mol. The van der Waals surface area contributed by atoms with Crippen LogP contribution >= 0.6 is 39.0 Å². The van der Waals surface area contributed by atoms with Crippen LogP contribution in [0.2, 0.25) is 0 Å². The first-order valence-electron chi connectivity index (χ1n) is 5.51. The number of halogens is 1. The van der Waals surface area contributed by atoms with Crippen molar-refractivity contribution in [3.63, 3.8) is 0 Å². The molecule has 0 amide bonds. The van der Waals surface area contributed by atoms with Crippen molar-refractivity contribution in [3.05, 3.63) is 14.7 Å². The molecule has 8 heteroatoms. The number of sulfonamides is 1. The Morgan fingerprint density at radius 2 is 2.33 bits per heavy atom. The lowest BCUT2D eigenvalue weighted by molar-refractivity contribution is 0.394. The number of nitrogens with two attached hydrogens (primary N) is 1. The second-order valence-electron chi connectivity index (χ2n) is 4.09. The average molecular weight is 371 g/mol. The quantitative estimate of drug-likeness (QED) is 0.881. The Morgan fingerprint density at radius 3 is 2.83 bits per heavy atom. The van der Waals surface area contributed by atoms with E-state index in [1.165, 1.54) is 15.6 Å². The van der Waals surface area contributed by atoms with Crippen molar-refractivity contribution in [1.29, 1.82) is 0 Å². The van der Waals surface area contributed by atoms with Gasteiger partial charge < -0.3 is 5.73 Å². The lowest BCUT2D eigenvalue weighted by Gasteiger charge is -2.22. The number of hydrogen-bond donors (Lipinski definition) is 1. The van der Waals surface area contributed by atoms with Crippen LogP contribution in [0.1, 0.15) is 11.3 Å². The van der Waals surface area contributed by atoms with Gasteiger partial charge in [-0.05, 0) is 34.2 Å². The van der Waals surface area contributed by atoms with Gasteiger partial charge in [0.15, 0.2) is 0 Å². The zero-order valence-corrected chi connectivity index (χ0v) is 14.0. The van der Waals surface area contributed by atoms with E-state index in [2.05, 4.69) is 15.9 Å². The van der Waals surface area contributed by atoms with E-state index in [1.807, 2.05) is 0 Å². The van der Waals surface area contributed by atoms with Crippen LogP contribution in [0.25, 0.3) is 0 Å². The molecule has 4 nitrogen and oxygen atoms in total. The summed E-state index contributed by atoms with van der Waals surface area (Å²) in [4.78, 5) is 1.21. The molecule has 1 saturated heterocycles. The summed E-state index contributed by atoms with van der Waals surface area (Å²) in [5, 5.41) is 0. The lowest BCUT2D eigenvalue weighted by atomic mass is 10.3. The molecular formula is C10H15BrN2O2S3. The van der Waals surface area contributed by atoms with E-state index < -0.39 is 10.0 Å². The van der Waals surface area contributed by atoms with E-state index in [0.29, 0.717) is 15.2 Å². The van der Waals surface area contributed by atoms with Crippen molar-refractivity contribution in [2.24, 2.45) is 5.73 Å². The van der Waals surface area contributed by atoms with E-state index in [4.69, 9.17) is 5.73 Å². The van der Waals surface area contributed by atoms with Crippen LogP contribution in [0.3, 0.4) is 0 Å². The first-order valence-corrected chi connectivity index (χ1v) is 9.71. The molecule has 1 aromatic heterocycles. The summed E-state index contributed by atoms with van der Waals surface area (Å²) in [6.45, 7) is 0.363. The molecule has 1 fully saturated rings. The van der Waals surface area contributed by atoms with E-state index >= 15 is 0 Å². The van der Waals surface area contributed by atoms with Gasteiger partial charge in [0.1, 0.15) is 4.90 Å². The van der Waals surface area contributed by atoms with E-state index in [0.717, 1.165) is 22.8 Å². The highest BCUT2D eigenvalue weighted by molar-refractivity contribution is 9.11. The Labute approximate surface area is 124 Å². The maximum atomic E-state index is 12.5. The Hall–Kier alpha value is 0.400. The Morgan fingerprint density at radius 1 is 1.61 bits per heavy atom. The van der Waals surface area contributed by atoms with Crippen LogP contribution in [0.15, 0.2) is 14.7 Å². The predicted octanol–water partition coefficient (Wildman–Crippen LogP) is 2.10. The van der Waals surface area contributed by atoms with Crippen molar-refractivity contribution in [2.45, 2.75) is 23.9 Å². The highest BCUT2D eigenvalue weighted by Gasteiger charge is 2.32. The fraction of sp³-hybridized carbons (Fsp3) is 0.600. The van der Waals surface area contributed by atoms with Crippen molar-refractivity contribution in [3.8, 4) is 0 Å². The van der Waals surface area contributed by atoms with Crippen LogP contribution in [0.5, 0.6) is 0 Å². The van der Waals surface area contributed by atoms with Gasteiger partial charge in [0.05, 0.1) is 3.79 Å². The van der Waals surface area contributed by atoms with Gasteiger partial charge in [-0.1, -0.05) is 0 Å². The van der Waals surface area contributed by atoms with Crippen LogP contribution < -0.4 is 5.73 Å². The normalized spacial score (nSPS) is 20.8. The molecule has 2 heterocycles. The van der Waals surface area contributed by atoms with Crippen LogP contribution in [0, 0.1) is 0 Å². The molecule has 0 bridgehead atoms. The number of thiophene rings is 1. The number of rotatable bonds is 4. The van der Waals surface area contributed by atoms with Crippen LogP contribution in [-0.4, -0.2) is 37.3 Å². The molecule has 1 aliphatic heterocycles. The minimum atomic E-state index is -3.41. The first kappa shape index (κ1) is 14.8. The highest BCUT2D eigenvalue weighted by Crippen LogP contribution is 2.35. The third-order valence-electron chi connectivity index (χ3n) is 2.98. The predicted molar refractivity (Wildman–Crippen MR) is 80.6 cm³/mol.